The highest BCUT2D eigenvalue weighted by Gasteiger charge is 2.14. The topological polar surface area (TPSA) is 24.4 Å². The first kappa shape index (κ1) is 11.0. The van der Waals surface area contributed by atoms with Crippen molar-refractivity contribution >= 4 is 5.84 Å². The van der Waals surface area contributed by atoms with Gasteiger partial charge in [0.05, 0.1) is 6.54 Å². The summed E-state index contributed by atoms with van der Waals surface area (Å²) in [6, 6.07) is 19.4. The minimum absolute atomic E-state index is 0.445. The van der Waals surface area contributed by atoms with Gasteiger partial charge >= 0.3 is 0 Å². The van der Waals surface area contributed by atoms with Crippen LogP contribution in [-0.2, 0) is 0 Å². The fourth-order valence-corrected chi connectivity index (χ4v) is 2.20. The summed E-state index contributed by atoms with van der Waals surface area (Å²) in [5.74, 6) is 1.01. The number of amidine groups is 1. The fourth-order valence-electron chi connectivity index (χ4n) is 2.20. The average molecular weight is 236 g/mol. The summed E-state index contributed by atoms with van der Waals surface area (Å²) in [5, 5.41) is 3.40. The van der Waals surface area contributed by atoms with Gasteiger partial charge in [-0.25, -0.2) is 0 Å². The van der Waals surface area contributed by atoms with Crippen LogP contribution in [0.25, 0.3) is 11.1 Å². The highest BCUT2D eigenvalue weighted by Crippen LogP contribution is 2.20. The van der Waals surface area contributed by atoms with E-state index in [0.29, 0.717) is 6.04 Å². The first-order valence-electron chi connectivity index (χ1n) is 6.30. The van der Waals surface area contributed by atoms with Crippen LogP contribution in [0.3, 0.4) is 0 Å². The monoisotopic (exact) mass is 236 g/mol. The van der Waals surface area contributed by atoms with Gasteiger partial charge in [0.15, 0.2) is 0 Å². The molecule has 0 radical (unpaired) electrons. The highest BCUT2D eigenvalue weighted by atomic mass is 15.1. The van der Waals surface area contributed by atoms with E-state index >= 15 is 0 Å². The number of hydrogen-bond acceptors (Lipinski definition) is 2. The molecule has 90 valence electrons. The van der Waals surface area contributed by atoms with Crippen LogP contribution in [-0.4, -0.2) is 18.4 Å². The third-order valence-corrected chi connectivity index (χ3v) is 3.15. The molecule has 1 unspecified atom stereocenters. The second-order valence-electron chi connectivity index (χ2n) is 4.68. The largest absolute Gasteiger partial charge is 0.366 e. The second-order valence-corrected chi connectivity index (χ2v) is 4.68. The molecule has 0 saturated heterocycles. The van der Waals surface area contributed by atoms with Crippen LogP contribution in [0.2, 0.25) is 0 Å². The molecule has 3 rings (SSSR count). The molecule has 2 aromatic rings. The van der Waals surface area contributed by atoms with Crippen LogP contribution in [0.15, 0.2) is 59.6 Å². The Labute approximate surface area is 107 Å². The number of rotatable bonds is 2. The number of hydrogen-bond donors (Lipinski definition) is 1. The SMILES string of the molecule is CC1CN=C(c2cccc(-c3ccccc3)c2)N1. The smallest absolute Gasteiger partial charge is 0.128 e. The highest BCUT2D eigenvalue weighted by molar-refractivity contribution is 6.00. The first-order chi connectivity index (χ1) is 8.83. The van der Waals surface area contributed by atoms with Crippen molar-refractivity contribution in [1.82, 2.24) is 5.32 Å². The zero-order valence-corrected chi connectivity index (χ0v) is 10.4. The van der Waals surface area contributed by atoms with E-state index in [1.54, 1.807) is 0 Å². The Morgan fingerprint density at radius 1 is 0.944 bits per heavy atom. The molecule has 2 heteroatoms. The Bertz CT molecular complexity index is 573. The van der Waals surface area contributed by atoms with Crippen LogP contribution in [0.4, 0.5) is 0 Å². The molecule has 1 aliphatic heterocycles. The number of benzene rings is 2. The van der Waals surface area contributed by atoms with Gasteiger partial charge in [0.1, 0.15) is 5.84 Å². The zero-order valence-electron chi connectivity index (χ0n) is 10.4. The maximum absolute atomic E-state index is 4.53. The Morgan fingerprint density at radius 2 is 1.67 bits per heavy atom. The van der Waals surface area contributed by atoms with Gasteiger partial charge in [-0.15, -0.1) is 0 Å². The van der Waals surface area contributed by atoms with E-state index in [-0.39, 0.29) is 0 Å². The standard InChI is InChI=1S/C16H16N2/c1-12-11-17-16(18-12)15-9-5-8-14(10-15)13-6-3-2-4-7-13/h2-10,12H,11H2,1H3,(H,17,18). The zero-order chi connectivity index (χ0) is 12.4. The molecule has 18 heavy (non-hydrogen) atoms. The van der Waals surface area contributed by atoms with Crippen LogP contribution in [0, 0.1) is 0 Å². The Hall–Kier alpha value is -2.09. The first-order valence-corrected chi connectivity index (χ1v) is 6.30. The summed E-state index contributed by atoms with van der Waals surface area (Å²) < 4.78 is 0. The van der Waals surface area contributed by atoms with Gasteiger partial charge in [-0.05, 0) is 24.1 Å². The van der Waals surface area contributed by atoms with E-state index in [1.165, 1.54) is 16.7 Å². The summed E-state index contributed by atoms with van der Waals surface area (Å²) >= 11 is 0. The normalized spacial score (nSPS) is 18.3. The molecule has 1 heterocycles. The second kappa shape index (κ2) is 4.65. The molecule has 0 spiro atoms. The molecule has 0 fully saturated rings. The summed E-state index contributed by atoms with van der Waals surface area (Å²) in [4.78, 5) is 4.53. The van der Waals surface area contributed by atoms with Crippen molar-refractivity contribution in [2.75, 3.05) is 6.54 Å². The van der Waals surface area contributed by atoms with E-state index in [0.717, 1.165) is 12.4 Å². The van der Waals surface area contributed by atoms with Gasteiger partial charge in [-0.2, -0.15) is 0 Å². The van der Waals surface area contributed by atoms with Gasteiger partial charge in [0.2, 0.25) is 0 Å². The maximum atomic E-state index is 4.53. The third kappa shape index (κ3) is 2.14. The number of nitrogens with zero attached hydrogens (tertiary/aromatic N) is 1. The summed E-state index contributed by atoms with van der Waals surface area (Å²) in [5.41, 5.74) is 3.64. The van der Waals surface area contributed by atoms with Crippen molar-refractivity contribution in [3.8, 4) is 11.1 Å². The molecule has 1 N–H and O–H groups in total. The van der Waals surface area contributed by atoms with E-state index < -0.39 is 0 Å². The van der Waals surface area contributed by atoms with Gasteiger partial charge in [-0.1, -0.05) is 48.5 Å². The van der Waals surface area contributed by atoms with Crippen LogP contribution in [0.1, 0.15) is 12.5 Å². The van der Waals surface area contributed by atoms with Crippen molar-refractivity contribution in [2.24, 2.45) is 4.99 Å². The van der Waals surface area contributed by atoms with E-state index in [4.69, 9.17) is 0 Å². The predicted molar refractivity (Wildman–Crippen MR) is 75.9 cm³/mol. The van der Waals surface area contributed by atoms with E-state index in [2.05, 4.69) is 65.8 Å². The van der Waals surface area contributed by atoms with Gasteiger partial charge in [-0.3, -0.25) is 4.99 Å². The molecule has 0 bridgehead atoms. The molecule has 1 atom stereocenters. The van der Waals surface area contributed by atoms with Crippen molar-refractivity contribution in [3.05, 3.63) is 60.2 Å². The Morgan fingerprint density at radius 3 is 2.39 bits per heavy atom. The third-order valence-electron chi connectivity index (χ3n) is 3.15. The fraction of sp³-hybridized carbons (Fsp3) is 0.188. The molecule has 0 aromatic heterocycles. The molecule has 0 aliphatic carbocycles. The maximum Gasteiger partial charge on any atom is 0.128 e. The lowest BCUT2D eigenvalue weighted by molar-refractivity contribution is 0.726. The quantitative estimate of drug-likeness (QED) is 0.851. The van der Waals surface area contributed by atoms with Crippen molar-refractivity contribution in [3.63, 3.8) is 0 Å². The molecular formula is C16H16N2. The van der Waals surface area contributed by atoms with Crippen LogP contribution in [0.5, 0.6) is 0 Å². The summed E-state index contributed by atoms with van der Waals surface area (Å²) in [7, 11) is 0. The van der Waals surface area contributed by atoms with Gasteiger partial charge in [0, 0.05) is 11.6 Å². The van der Waals surface area contributed by atoms with Crippen molar-refractivity contribution < 1.29 is 0 Å². The van der Waals surface area contributed by atoms with Crippen molar-refractivity contribution in [2.45, 2.75) is 13.0 Å². The molecular weight excluding hydrogens is 220 g/mol. The summed E-state index contributed by atoms with van der Waals surface area (Å²) in [6.45, 7) is 3.02. The average Bonchev–Trinajstić information content (AvgIpc) is 2.87. The lowest BCUT2D eigenvalue weighted by Crippen LogP contribution is -2.27. The number of nitrogens with one attached hydrogen (secondary N) is 1. The molecule has 2 nitrogen and oxygen atoms in total. The molecule has 0 amide bonds. The minimum Gasteiger partial charge on any atom is -0.366 e. The molecule has 2 aromatic carbocycles. The van der Waals surface area contributed by atoms with Gasteiger partial charge < -0.3 is 5.32 Å². The Balaban J connectivity index is 1.95. The van der Waals surface area contributed by atoms with Gasteiger partial charge in [0.25, 0.3) is 0 Å². The summed E-state index contributed by atoms with van der Waals surface area (Å²) in [6.07, 6.45) is 0. The molecule has 1 aliphatic rings. The van der Waals surface area contributed by atoms with Crippen LogP contribution >= 0.6 is 0 Å². The van der Waals surface area contributed by atoms with E-state index in [9.17, 15) is 0 Å². The molecule has 0 saturated carbocycles. The number of aliphatic imine (C=N–C) groups is 1. The van der Waals surface area contributed by atoms with Crippen molar-refractivity contribution in [1.29, 1.82) is 0 Å². The minimum atomic E-state index is 0.445. The lowest BCUT2D eigenvalue weighted by atomic mass is 10.0. The van der Waals surface area contributed by atoms with Crippen LogP contribution < -0.4 is 5.32 Å². The lowest BCUT2D eigenvalue weighted by Gasteiger charge is -2.08. The Kier molecular flexibility index (Phi) is 2.85. The van der Waals surface area contributed by atoms with E-state index in [1.807, 2.05) is 6.07 Å². The predicted octanol–water partition coefficient (Wildman–Crippen LogP) is 3.09.